The molecule has 2 nitrogen and oxygen atoms in total. The van der Waals surface area contributed by atoms with Crippen LogP contribution in [0.5, 0.6) is 11.5 Å². The van der Waals surface area contributed by atoms with E-state index in [4.69, 9.17) is 21.1 Å². The minimum Gasteiger partial charge on any atom is -0.490 e. The van der Waals surface area contributed by atoms with E-state index in [0.29, 0.717) is 18.2 Å². The summed E-state index contributed by atoms with van der Waals surface area (Å²) >= 11 is 10.2. The molecule has 1 aliphatic heterocycles. The fourth-order valence-electron chi connectivity index (χ4n) is 2.43. The van der Waals surface area contributed by atoms with E-state index in [1.54, 1.807) is 0 Å². The molecule has 2 aromatic carbocycles. The van der Waals surface area contributed by atoms with Crippen molar-refractivity contribution in [2.24, 2.45) is 0 Å². The highest BCUT2D eigenvalue weighted by atomic mass is 79.9. The van der Waals surface area contributed by atoms with Crippen LogP contribution in [0.25, 0.3) is 0 Å². The van der Waals surface area contributed by atoms with E-state index in [0.717, 1.165) is 23.5 Å². The van der Waals surface area contributed by atoms with E-state index in [2.05, 4.69) is 35.0 Å². The summed E-state index contributed by atoms with van der Waals surface area (Å²) in [6, 6.07) is 12.1. The molecule has 1 atom stereocenters. The number of alkyl halides is 1. The van der Waals surface area contributed by atoms with Crippen LogP contribution in [0, 0.1) is 6.92 Å². The van der Waals surface area contributed by atoms with Crippen LogP contribution < -0.4 is 9.47 Å². The van der Waals surface area contributed by atoms with E-state index in [9.17, 15) is 0 Å². The first-order valence-corrected chi connectivity index (χ1v) is 8.25. The van der Waals surface area contributed by atoms with Gasteiger partial charge in [-0.2, -0.15) is 0 Å². The molecule has 0 radical (unpaired) electrons. The lowest BCUT2D eigenvalue weighted by Gasteiger charge is -2.17. The van der Waals surface area contributed by atoms with Crippen LogP contribution in [0.1, 0.15) is 27.9 Å². The predicted octanol–water partition coefficient (Wildman–Crippen LogP) is 5.29. The van der Waals surface area contributed by atoms with Gasteiger partial charge in [0.15, 0.2) is 11.5 Å². The summed E-state index contributed by atoms with van der Waals surface area (Å²) in [6.45, 7) is 3.43. The zero-order valence-corrected chi connectivity index (χ0v) is 14.1. The highest BCUT2D eigenvalue weighted by Gasteiger charge is 2.20. The van der Waals surface area contributed by atoms with E-state index >= 15 is 0 Å². The Balaban J connectivity index is 2.02. The van der Waals surface area contributed by atoms with Gasteiger partial charge in [-0.25, -0.2) is 0 Å². The van der Waals surface area contributed by atoms with Gasteiger partial charge in [0, 0.05) is 17.5 Å². The molecular formula is C17H16BrClO2. The van der Waals surface area contributed by atoms with Crippen LogP contribution >= 0.6 is 27.5 Å². The van der Waals surface area contributed by atoms with Gasteiger partial charge in [0.25, 0.3) is 0 Å². The fraction of sp³-hybridized carbons (Fsp3) is 0.294. The fourth-order valence-corrected chi connectivity index (χ4v) is 3.72. The first kappa shape index (κ1) is 14.7. The molecule has 0 N–H and O–H groups in total. The Hall–Kier alpha value is -1.19. The van der Waals surface area contributed by atoms with Crippen molar-refractivity contribution in [3.63, 3.8) is 0 Å². The molecule has 4 heteroatoms. The van der Waals surface area contributed by atoms with E-state index in [1.165, 1.54) is 11.1 Å². The monoisotopic (exact) mass is 366 g/mol. The molecule has 0 fully saturated rings. The van der Waals surface area contributed by atoms with Crippen LogP contribution in [0.2, 0.25) is 5.02 Å². The number of benzene rings is 2. The van der Waals surface area contributed by atoms with Crippen LogP contribution in [0.4, 0.5) is 0 Å². The minimum atomic E-state index is 0.0309. The molecule has 0 amide bonds. The average molecular weight is 368 g/mol. The lowest BCUT2D eigenvalue weighted by Crippen LogP contribution is -1.99. The molecule has 1 unspecified atom stereocenters. The summed E-state index contributed by atoms with van der Waals surface area (Å²) in [5.41, 5.74) is 3.42. The van der Waals surface area contributed by atoms with Crippen molar-refractivity contribution >= 4 is 27.5 Å². The largest absolute Gasteiger partial charge is 0.490 e. The smallest absolute Gasteiger partial charge is 0.162 e. The number of rotatable bonds is 2. The van der Waals surface area contributed by atoms with Gasteiger partial charge in [0.05, 0.1) is 18.0 Å². The summed E-state index contributed by atoms with van der Waals surface area (Å²) in [7, 11) is 0. The minimum absolute atomic E-state index is 0.0309. The summed E-state index contributed by atoms with van der Waals surface area (Å²) in [6.07, 6.45) is 0.886. The summed E-state index contributed by atoms with van der Waals surface area (Å²) < 4.78 is 11.4. The highest BCUT2D eigenvalue weighted by molar-refractivity contribution is 9.09. The zero-order valence-electron chi connectivity index (χ0n) is 11.7. The van der Waals surface area contributed by atoms with Crippen molar-refractivity contribution < 1.29 is 9.47 Å². The van der Waals surface area contributed by atoms with E-state index < -0.39 is 0 Å². The second-order valence-electron chi connectivity index (χ2n) is 5.09. The Morgan fingerprint density at radius 1 is 1.05 bits per heavy atom. The third-order valence-electron chi connectivity index (χ3n) is 3.60. The number of fused-ring (bicyclic) bond motifs is 1. The van der Waals surface area contributed by atoms with E-state index in [-0.39, 0.29) is 4.83 Å². The van der Waals surface area contributed by atoms with Crippen molar-refractivity contribution in [2.75, 3.05) is 13.2 Å². The van der Waals surface area contributed by atoms with Gasteiger partial charge >= 0.3 is 0 Å². The lowest BCUT2D eigenvalue weighted by molar-refractivity contribution is 0.297. The topological polar surface area (TPSA) is 18.5 Å². The second kappa shape index (κ2) is 6.29. The second-order valence-corrected chi connectivity index (χ2v) is 6.41. The van der Waals surface area contributed by atoms with Crippen molar-refractivity contribution in [3.05, 3.63) is 58.1 Å². The summed E-state index contributed by atoms with van der Waals surface area (Å²) in [5, 5.41) is 0.685. The lowest BCUT2D eigenvalue weighted by atomic mass is 10.00. The quantitative estimate of drug-likeness (QED) is 0.671. The van der Waals surface area contributed by atoms with Gasteiger partial charge < -0.3 is 9.47 Å². The Morgan fingerprint density at radius 3 is 2.43 bits per heavy atom. The van der Waals surface area contributed by atoms with Crippen LogP contribution in [0.3, 0.4) is 0 Å². The Kier molecular flexibility index (Phi) is 4.41. The molecule has 0 aromatic heterocycles. The molecule has 21 heavy (non-hydrogen) atoms. The molecular weight excluding hydrogens is 352 g/mol. The van der Waals surface area contributed by atoms with Gasteiger partial charge in [-0.1, -0.05) is 51.8 Å². The molecule has 0 bridgehead atoms. The van der Waals surface area contributed by atoms with Crippen LogP contribution in [-0.4, -0.2) is 13.2 Å². The van der Waals surface area contributed by atoms with Gasteiger partial charge in [-0.05, 0) is 29.7 Å². The number of aryl methyl sites for hydroxylation is 1. The first-order valence-electron chi connectivity index (χ1n) is 6.95. The third kappa shape index (κ3) is 3.04. The first-order chi connectivity index (χ1) is 10.2. The molecule has 0 saturated heterocycles. The van der Waals surface area contributed by atoms with E-state index in [1.807, 2.05) is 24.3 Å². The average Bonchev–Trinajstić information content (AvgIpc) is 2.71. The van der Waals surface area contributed by atoms with Gasteiger partial charge in [-0.3, -0.25) is 0 Å². The molecule has 1 heterocycles. The molecule has 3 rings (SSSR count). The van der Waals surface area contributed by atoms with Crippen LogP contribution in [0.15, 0.2) is 36.4 Å². The van der Waals surface area contributed by atoms with Crippen molar-refractivity contribution in [1.82, 2.24) is 0 Å². The Labute approximate surface area is 138 Å². The standard InChI is InChI=1S/C17H16BrClO2/c1-11-5-2-3-6-12(11)17(18)13-9-15-16(10-14(13)19)21-8-4-7-20-15/h2-3,5-6,9-10,17H,4,7-8H2,1H3. The Bertz CT molecular complexity index is 657. The molecule has 0 saturated carbocycles. The molecule has 1 aliphatic rings. The number of halogens is 2. The number of hydrogen-bond acceptors (Lipinski definition) is 2. The maximum absolute atomic E-state index is 6.45. The third-order valence-corrected chi connectivity index (χ3v) is 4.92. The van der Waals surface area contributed by atoms with Crippen molar-refractivity contribution in [2.45, 2.75) is 18.2 Å². The highest BCUT2D eigenvalue weighted by Crippen LogP contribution is 2.42. The van der Waals surface area contributed by atoms with Gasteiger partial charge in [0.1, 0.15) is 0 Å². The van der Waals surface area contributed by atoms with Gasteiger partial charge in [0.2, 0.25) is 0 Å². The number of ether oxygens (including phenoxy) is 2. The summed E-state index contributed by atoms with van der Waals surface area (Å²) in [4.78, 5) is 0.0309. The predicted molar refractivity (Wildman–Crippen MR) is 89.0 cm³/mol. The molecule has 0 spiro atoms. The molecule has 110 valence electrons. The SMILES string of the molecule is Cc1ccccc1C(Br)c1cc2c(cc1Cl)OCCCO2. The van der Waals surface area contributed by atoms with Crippen molar-refractivity contribution in [3.8, 4) is 11.5 Å². The maximum Gasteiger partial charge on any atom is 0.162 e. The Morgan fingerprint density at radius 2 is 1.71 bits per heavy atom. The maximum atomic E-state index is 6.45. The van der Waals surface area contributed by atoms with Gasteiger partial charge in [-0.15, -0.1) is 0 Å². The summed E-state index contributed by atoms with van der Waals surface area (Å²) in [5.74, 6) is 1.50. The zero-order chi connectivity index (χ0) is 14.8. The molecule has 0 aliphatic carbocycles. The number of hydrogen-bond donors (Lipinski definition) is 0. The van der Waals surface area contributed by atoms with Crippen LogP contribution in [-0.2, 0) is 0 Å². The van der Waals surface area contributed by atoms with Crippen molar-refractivity contribution in [1.29, 1.82) is 0 Å². The normalized spacial score (nSPS) is 15.4. The molecule has 2 aromatic rings.